The summed E-state index contributed by atoms with van der Waals surface area (Å²) in [5.41, 5.74) is 4.52. The number of carbonyl (C=O) groups excluding carboxylic acids is 1. The van der Waals surface area contributed by atoms with Gasteiger partial charge in [0, 0.05) is 24.3 Å². The van der Waals surface area contributed by atoms with Gasteiger partial charge < -0.3 is 4.90 Å². The molecule has 0 fully saturated rings. The first-order valence-electron chi connectivity index (χ1n) is 5.67. The zero-order valence-corrected chi connectivity index (χ0v) is 9.86. The highest BCUT2D eigenvalue weighted by Crippen LogP contribution is 2.21. The highest BCUT2D eigenvalue weighted by Gasteiger charge is 2.10. The Morgan fingerprint density at radius 3 is 2.69 bits per heavy atom. The summed E-state index contributed by atoms with van der Waals surface area (Å²) in [6.07, 6.45) is 4.32. The number of hydrogen-bond acceptors (Lipinski definition) is 2. The summed E-state index contributed by atoms with van der Waals surface area (Å²) < 4.78 is 0. The van der Waals surface area contributed by atoms with Crippen molar-refractivity contribution >= 4 is 12.0 Å². The van der Waals surface area contributed by atoms with Crippen molar-refractivity contribution in [2.75, 3.05) is 18.0 Å². The molecule has 1 aromatic rings. The molecule has 1 heterocycles. The Hall–Kier alpha value is -1.57. The van der Waals surface area contributed by atoms with Crippen LogP contribution >= 0.6 is 0 Å². The van der Waals surface area contributed by atoms with Gasteiger partial charge in [-0.3, -0.25) is 4.79 Å². The lowest BCUT2D eigenvalue weighted by molar-refractivity contribution is 0.112. The quantitative estimate of drug-likeness (QED) is 0.558. The molecule has 0 saturated carbocycles. The Labute approximate surface area is 96.6 Å². The Morgan fingerprint density at radius 2 is 2.12 bits per heavy atom. The molecule has 0 N–H and O–H groups in total. The van der Waals surface area contributed by atoms with E-state index >= 15 is 0 Å². The maximum Gasteiger partial charge on any atom is 0.150 e. The molecule has 2 heteroatoms. The standard InChI is InChI=1S/C14H17NO/c1-11-5-7-15(8-6-11)14-4-3-13(10-16)12(2)9-14/h3-5,9-10H,6-8H2,1-2H3. The van der Waals surface area contributed by atoms with Gasteiger partial charge in [-0.1, -0.05) is 11.6 Å². The van der Waals surface area contributed by atoms with E-state index in [0.717, 1.165) is 36.9 Å². The van der Waals surface area contributed by atoms with Crippen LogP contribution in [0.1, 0.15) is 29.3 Å². The van der Waals surface area contributed by atoms with E-state index in [1.807, 2.05) is 19.1 Å². The lowest BCUT2D eigenvalue weighted by Gasteiger charge is -2.28. The van der Waals surface area contributed by atoms with Crippen LogP contribution in [0.15, 0.2) is 29.8 Å². The van der Waals surface area contributed by atoms with Crippen molar-refractivity contribution < 1.29 is 4.79 Å². The molecule has 0 atom stereocenters. The molecule has 2 nitrogen and oxygen atoms in total. The van der Waals surface area contributed by atoms with Gasteiger partial charge in [0.15, 0.2) is 0 Å². The van der Waals surface area contributed by atoms with E-state index in [1.165, 1.54) is 11.3 Å². The first-order valence-corrected chi connectivity index (χ1v) is 5.67. The first-order chi connectivity index (χ1) is 7.70. The molecule has 0 spiro atoms. The monoisotopic (exact) mass is 215 g/mol. The first kappa shape index (κ1) is 10.9. The van der Waals surface area contributed by atoms with Crippen LogP contribution in [-0.4, -0.2) is 19.4 Å². The van der Waals surface area contributed by atoms with Crippen LogP contribution in [0.25, 0.3) is 0 Å². The number of nitrogens with zero attached hydrogens (tertiary/aromatic N) is 1. The third-order valence-electron chi connectivity index (χ3n) is 3.18. The van der Waals surface area contributed by atoms with E-state index in [2.05, 4.69) is 24.0 Å². The zero-order chi connectivity index (χ0) is 11.5. The van der Waals surface area contributed by atoms with Gasteiger partial charge in [0.1, 0.15) is 6.29 Å². The number of anilines is 1. The Bertz CT molecular complexity index is 434. The molecule has 0 saturated heterocycles. The fourth-order valence-corrected chi connectivity index (χ4v) is 1.99. The van der Waals surface area contributed by atoms with Crippen LogP contribution in [0.3, 0.4) is 0 Å². The molecule has 1 aliphatic heterocycles. The predicted octanol–water partition coefficient (Wildman–Crippen LogP) is 2.96. The molecular formula is C14H17NO. The molecule has 0 unspecified atom stereocenters. The molecular weight excluding hydrogens is 198 g/mol. The van der Waals surface area contributed by atoms with Crippen molar-refractivity contribution in [3.63, 3.8) is 0 Å². The molecule has 0 aliphatic carbocycles. The van der Waals surface area contributed by atoms with E-state index in [1.54, 1.807) is 0 Å². The fourth-order valence-electron chi connectivity index (χ4n) is 1.99. The van der Waals surface area contributed by atoms with Gasteiger partial charge >= 0.3 is 0 Å². The minimum atomic E-state index is 0.785. The number of carbonyl (C=O) groups is 1. The summed E-state index contributed by atoms with van der Waals surface area (Å²) >= 11 is 0. The topological polar surface area (TPSA) is 20.3 Å². The minimum Gasteiger partial charge on any atom is -0.367 e. The molecule has 0 radical (unpaired) electrons. The third kappa shape index (κ3) is 2.16. The lowest BCUT2D eigenvalue weighted by Crippen LogP contribution is -2.28. The van der Waals surface area contributed by atoms with Gasteiger partial charge in [-0.2, -0.15) is 0 Å². The molecule has 84 valence electrons. The normalized spacial score (nSPS) is 15.9. The summed E-state index contributed by atoms with van der Waals surface area (Å²) in [5.74, 6) is 0. The number of aldehydes is 1. The number of rotatable bonds is 2. The molecule has 1 aliphatic rings. The highest BCUT2D eigenvalue weighted by molar-refractivity contribution is 5.78. The van der Waals surface area contributed by atoms with E-state index in [0.29, 0.717) is 0 Å². The molecule has 0 amide bonds. The minimum absolute atomic E-state index is 0.785. The smallest absolute Gasteiger partial charge is 0.150 e. The average Bonchev–Trinajstić information content (AvgIpc) is 2.30. The Morgan fingerprint density at radius 1 is 1.31 bits per heavy atom. The van der Waals surface area contributed by atoms with Gasteiger partial charge in [-0.15, -0.1) is 0 Å². The SMILES string of the molecule is CC1=CCN(c2ccc(C=O)c(C)c2)CC1. The summed E-state index contributed by atoms with van der Waals surface area (Å²) in [5, 5.41) is 0. The average molecular weight is 215 g/mol. The molecule has 16 heavy (non-hydrogen) atoms. The summed E-state index contributed by atoms with van der Waals surface area (Å²) in [6.45, 7) is 6.21. The zero-order valence-electron chi connectivity index (χ0n) is 9.86. The summed E-state index contributed by atoms with van der Waals surface area (Å²) in [6, 6.07) is 6.03. The van der Waals surface area contributed by atoms with Crippen LogP contribution in [0.5, 0.6) is 0 Å². The summed E-state index contributed by atoms with van der Waals surface area (Å²) in [4.78, 5) is 13.1. The van der Waals surface area contributed by atoms with Crippen molar-refractivity contribution in [2.24, 2.45) is 0 Å². The van der Waals surface area contributed by atoms with Crippen molar-refractivity contribution in [1.82, 2.24) is 0 Å². The fraction of sp³-hybridized carbons (Fsp3) is 0.357. The van der Waals surface area contributed by atoms with Crippen molar-refractivity contribution in [2.45, 2.75) is 20.3 Å². The maximum absolute atomic E-state index is 10.7. The van der Waals surface area contributed by atoms with E-state index in [9.17, 15) is 4.79 Å². The van der Waals surface area contributed by atoms with Crippen LogP contribution in [-0.2, 0) is 0 Å². The van der Waals surface area contributed by atoms with Crippen molar-refractivity contribution in [3.05, 3.63) is 41.0 Å². The second-order valence-corrected chi connectivity index (χ2v) is 4.41. The predicted molar refractivity (Wildman–Crippen MR) is 67.2 cm³/mol. The van der Waals surface area contributed by atoms with Crippen molar-refractivity contribution in [3.8, 4) is 0 Å². The van der Waals surface area contributed by atoms with E-state index < -0.39 is 0 Å². The largest absolute Gasteiger partial charge is 0.367 e. The third-order valence-corrected chi connectivity index (χ3v) is 3.18. The van der Waals surface area contributed by atoms with E-state index in [4.69, 9.17) is 0 Å². The lowest BCUT2D eigenvalue weighted by atomic mass is 10.1. The maximum atomic E-state index is 10.7. The number of aryl methyl sites for hydroxylation is 1. The molecule has 1 aromatic carbocycles. The Balaban J connectivity index is 2.22. The van der Waals surface area contributed by atoms with Crippen molar-refractivity contribution in [1.29, 1.82) is 0 Å². The van der Waals surface area contributed by atoms with Crippen LogP contribution in [0, 0.1) is 6.92 Å². The summed E-state index contributed by atoms with van der Waals surface area (Å²) in [7, 11) is 0. The van der Waals surface area contributed by atoms with Crippen LogP contribution in [0.2, 0.25) is 0 Å². The second kappa shape index (κ2) is 4.52. The van der Waals surface area contributed by atoms with Gasteiger partial charge in [-0.05, 0) is 44.0 Å². The Kier molecular flexibility index (Phi) is 3.09. The number of benzene rings is 1. The van der Waals surface area contributed by atoms with Crippen LogP contribution in [0.4, 0.5) is 5.69 Å². The molecule has 0 aromatic heterocycles. The van der Waals surface area contributed by atoms with E-state index in [-0.39, 0.29) is 0 Å². The van der Waals surface area contributed by atoms with Gasteiger partial charge in [-0.25, -0.2) is 0 Å². The highest BCUT2D eigenvalue weighted by atomic mass is 16.1. The van der Waals surface area contributed by atoms with Gasteiger partial charge in [0.25, 0.3) is 0 Å². The second-order valence-electron chi connectivity index (χ2n) is 4.41. The van der Waals surface area contributed by atoms with Crippen LogP contribution < -0.4 is 4.90 Å². The number of hydrogen-bond donors (Lipinski definition) is 0. The molecule has 0 bridgehead atoms. The molecule has 2 rings (SSSR count). The van der Waals surface area contributed by atoms with Gasteiger partial charge in [0.2, 0.25) is 0 Å². The van der Waals surface area contributed by atoms with Gasteiger partial charge in [0.05, 0.1) is 0 Å².